The minimum Gasteiger partial charge on any atom is -0.355 e. The van der Waals surface area contributed by atoms with E-state index in [2.05, 4.69) is 42.6 Å². The topological polar surface area (TPSA) is 29.1 Å². The number of rotatable bonds is 9. The molecule has 2 aromatic rings. The van der Waals surface area contributed by atoms with Gasteiger partial charge in [0.05, 0.1) is 5.75 Å². The van der Waals surface area contributed by atoms with Crippen LogP contribution in [0.25, 0.3) is 0 Å². The summed E-state index contributed by atoms with van der Waals surface area (Å²) >= 11 is 9.41. The lowest BCUT2D eigenvalue weighted by molar-refractivity contribution is -0.118. The van der Waals surface area contributed by atoms with Crippen LogP contribution in [0.2, 0.25) is 5.02 Å². The SMILES string of the molecule is Cc1cccc(CSCC(=O)NCCSCc2cccc(Cl)c2)c1. The molecule has 0 saturated carbocycles. The van der Waals surface area contributed by atoms with E-state index in [-0.39, 0.29) is 5.91 Å². The van der Waals surface area contributed by atoms with Gasteiger partial charge in [0.15, 0.2) is 0 Å². The van der Waals surface area contributed by atoms with Gasteiger partial charge >= 0.3 is 0 Å². The first kappa shape index (κ1) is 19.2. The van der Waals surface area contributed by atoms with Gasteiger partial charge in [-0.1, -0.05) is 53.6 Å². The second-order valence-electron chi connectivity index (χ2n) is 5.51. The number of amides is 1. The number of carbonyl (C=O) groups excluding carboxylic acids is 1. The zero-order chi connectivity index (χ0) is 17.2. The zero-order valence-electron chi connectivity index (χ0n) is 13.8. The molecule has 0 aliphatic carbocycles. The third-order valence-electron chi connectivity index (χ3n) is 3.31. The molecule has 0 aliphatic rings. The van der Waals surface area contributed by atoms with Crippen LogP contribution in [0.4, 0.5) is 0 Å². The average molecular weight is 380 g/mol. The number of hydrogen-bond donors (Lipinski definition) is 1. The zero-order valence-corrected chi connectivity index (χ0v) is 16.1. The molecular formula is C19H22ClNOS2. The van der Waals surface area contributed by atoms with E-state index in [1.54, 1.807) is 23.5 Å². The van der Waals surface area contributed by atoms with Gasteiger partial charge in [0, 0.05) is 28.8 Å². The molecule has 1 N–H and O–H groups in total. The molecular weight excluding hydrogens is 358 g/mol. The van der Waals surface area contributed by atoms with Crippen LogP contribution in [0, 0.1) is 6.92 Å². The van der Waals surface area contributed by atoms with E-state index in [1.807, 2.05) is 18.2 Å². The Bertz CT molecular complexity index is 663. The van der Waals surface area contributed by atoms with Crippen LogP contribution in [0.15, 0.2) is 48.5 Å². The standard InChI is InChI=1S/C19H22ClNOS2/c1-15-4-2-5-16(10-15)13-24-14-19(22)21-8-9-23-12-17-6-3-7-18(20)11-17/h2-7,10-11H,8-9,12-14H2,1H3,(H,21,22). The Morgan fingerprint density at radius 1 is 1.04 bits per heavy atom. The van der Waals surface area contributed by atoms with Gasteiger partial charge in [-0.05, 0) is 30.2 Å². The van der Waals surface area contributed by atoms with Gasteiger partial charge in [-0.3, -0.25) is 4.79 Å². The largest absolute Gasteiger partial charge is 0.355 e. The van der Waals surface area contributed by atoms with Crippen molar-refractivity contribution in [2.45, 2.75) is 18.4 Å². The van der Waals surface area contributed by atoms with Crippen molar-refractivity contribution in [3.8, 4) is 0 Å². The van der Waals surface area contributed by atoms with Gasteiger partial charge in [-0.2, -0.15) is 11.8 Å². The highest BCUT2D eigenvalue weighted by Gasteiger charge is 2.02. The van der Waals surface area contributed by atoms with Gasteiger partial charge in [-0.15, -0.1) is 11.8 Å². The lowest BCUT2D eigenvalue weighted by atomic mass is 10.2. The maximum atomic E-state index is 11.8. The smallest absolute Gasteiger partial charge is 0.230 e. The van der Waals surface area contributed by atoms with Crippen molar-refractivity contribution >= 4 is 41.0 Å². The molecule has 0 aliphatic heterocycles. The maximum Gasteiger partial charge on any atom is 0.230 e. The Morgan fingerprint density at radius 3 is 2.50 bits per heavy atom. The first-order chi connectivity index (χ1) is 11.6. The number of aryl methyl sites for hydroxylation is 1. The quantitative estimate of drug-likeness (QED) is 0.626. The third-order valence-corrected chi connectivity index (χ3v) is 5.58. The Balaban J connectivity index is 1.53. The van der Waals surface area contributed by atoms with Crippen molar-refractivity contribution in [1.82, 2.24) is 5.32 Å². The van der Waals surface area contributed by atoms with E-state index in [9.17, 15) is 4.79 Å². The summed E-state index contributed by atoms with van der Waals surface area (Å²) in [5.41, 5.74) is 3.74. The monoisotopic (exact) mass is 379 g/mol. The lowest BCUT2D eigenvalue weighted by Gasteiger charge is -2.06. The summed E-state index contributed by atoms with van der Waals surface area (Å²) in [4.78, 5) is 11.8. The third kappa shape index (κ3) is 7.65. The number of benzene rings is 2. The molecule has 0 unspecified atom stereocenters. The van der Waals surface area contributed by atoms with E-state index >= 15 is 0 Å². The van der Waals surface area contributed by atoms with Gasteiger partial charge in [0.25, 0.3) is 0 Å². The number of hydrogen-bond acceptors (Lipinski definition) is 3. The molecule has 0 radical (unpaired) electrons. The van der Waals surface area contributed by atoms with Crippen molar-refractivity contribution in [2.24, 2.45) is 0 Å². The normalized spacial score (nSPS) is 10.6. The molecule has 0 spiro atoms. The molecule has 2 aromatic carbocycles. The molecule has 2 rings (SSSR count). The van der Waals surface area contributed by atoms with E-state index in [0.29, 0.717) is 12.3 Å². The summed E-state index contributed by atoms with van der Waals surface area (Å²) in [6.45, 7) is 2.79. The van der Waals surface area contributed by atoms with Crippen molar-refractivity contribution in [3.63, 3.8) is 0 Å². The number of nitrogens with one attached hydrogen (secondary N) is 1. The van der Waals surface area contributed by atoms with Gasteiger partial charge in [-0.25, -0.2) is 0 Å². The van der Waals surface area contributed by atoms with Crippen LogP contribution in [-0.4, -0.2) is 24.0 Å². The summed E-state index contributed by atoms with van der Waals surface area (Å²) in [6, 6.07) is 16.3. The van der Waals surface area contributed by atoms with E-state index in [4.69, 9.17) is 11.6 Å². The molecule has 24 heavy (non-hydrogen) atoms. The van der Waals surface area contributed by atoms with Gasteiger partial charge in [0.2, 0.25) is 5.91 Å². The minimum absolute atomic E-state index is 0.107. The number of thioether (sulfide) groups is 2. The second-order valence-corrected chi connectivity index (χ2v) is 8.04. The molecule has 2 nitrogen and oxygen atoms in total. The first-order valence-electron chi connectivity index (χ1n) is 7.85. The van der Waals surface area contributed by atoms with Crippen LogP contribution < -0.4 is 5.32 Å². The molecule has 0 bridgehead atoms. The summed E-state index contributed by atoms with van der Waals surface area (Å²) in [5, 5.41) is 3.74. The van der Waals surface area contributed by atoms with Gasteiger partial charge < -0.3 is 5.32 Å². The fourth-order valence-corrected chi connectivity index (χ4v) is 4.02. The highest BCUT2D eigenvalue weighted by molar-refractivity contribution is 7.99. The summed E-state index contributed by atoms with van der Waals surface area (Å²) in [7, 11) is 0. The Hall–Kier alpha value is -1.10. The van der Waals surface area contributed by atoms with Crippen LogP contribution in [0.1, 0.15) is 16.7 Å². The average Bonchev–Trinajstić information content (AvgIpc) is 2.55. The number of carbonyl (C=O) groups is 1. The van der Waals surface area contributed by atoms with Crippen molar-refractivity contribution in [3.05, 3.63) is 70.2 Å². The fourth-order valence-electron chi connectivity index (χ4n) is 2.19. The van der Waals surface area contributed by atoms with Crippen molar-refractivity contribution in [1.29, 1.82) is 0 Å². The molecule has 5 heteroatoms. The fraction of sp³-hybridized carbons (Fsp3) is 0.316. The molecule has 0 atom stereocenters. The summed E-state index contributed by atoms with van der Waals surface area (Å²) in [6.07, 6.45) is 0. The first-order valence-corrected chi connectivity index (χ1v) is 10.5. The predicted molar refractivity (Wildman–Crippen MR) is 108 cm³/mol. The van der Waals surface area contributed by atoms with E-state index < -0.39 is 0 Å². The molecule has 128 valence electrons. The summed E-state index contributed by atoms with van der Waals surface area (Å²) < 4.78 is 0. The van der Waals surface area contributed by atoms with Gasteiger partial charge in [0.1, 0.15) is 0 Å². The highest BCUT2D eigenvalue weighted by atomic mass is 35.5. The van der Waals surface area contributed by atoms with Crippen molar-refractivity contribution < 1.29 is 4.79 Å². The Kier molecular flexibility index (Phi) is 8.57. The Labute approximate surface area is 157 Å². The van der Waals surface area contributed by atoms with Crippen LogP contribution in [-0.2, 0) is 16.3 Å². The van der Waals surface area contributed by atoms with Crippen LogP contribution in [0.3, 0.4) is 0 Å². The maximum absolute atomic E-state index is 11.8. The van der Waals surface area contributed by atoms with Crippen LogP contribution >= 0.6 is 35.1 Å². The minimum atomic E-state index is 0.107. The van der Waals surface area contributed by atoms with Crippen molar-refractivity contribution in [2.75, 3.05) is 18.1 Å². The number of halogens is 1. The predicted octanol–water partition coefficient (Wildman–Crippen LogP) is 4.93. The lowest BCUT2D eigenvalue weighted by Crippen LogP contribution is -2.27. The highest BCUT2D eigenvalue weighted by Crippen LogP contribution is 2.16. The molecule has 0 fully saturated rings. The molecule has 1 amide bonds. The van der Waals surface area contributed by atoms with E-state index in [0.717, 1.165) is 22.3 Å². The Morgan fingerprint density at radius 2 is 1.75 bits per heavy atom. The summed E-state index contributed by atoms with van der Waals surface area (Å²) in [5.74, 6) is 3.31. The second kappa shape index (κ2) is 10.7. The van der Waals surface area contributed by atoms with Crippen LogP contribution in [0.5, 0.6) is 0 Å². The molecule has 0 heterocycles. The van der Waals surface area contributed by atoms with E-state index in [1.165, 1.54) is 16.7 Å². The molecule has 0 saturated heterocycles. The molecule has 0 aromatic heterocycles.